The number of hydrogen-bond acceptors (Lipinski definition) is 5. The molecule has 0 spiro atoms. The van der Waals surface area contributed by atoms with Gasteiger partial charge in [-0.15, -0.1) is 5.10 Å². The molecule has 2 atom stereocenters. The molecule has 3 rings (SSSR count). The Morgan fingerprint density at radius 2 is 2.19 bits per heavy atom. The zero-order valence-corrected chi connectivity index (χ0v) is 12.6. The molecule has 1 fully saturated rings. The van der Waals surface area contributed by atoms with Crippen molar-refractivity contribution >= 4 is 17.3 Å². The van der Waals surface area contributed by atoms with Gasteiger partial charge < -0.3 is 10.1 Å². The first-order valence-corrected chi connectivity index (χ1v) is 7.48. The molecular formula is C14H18ClN5O. The zero-order chi connectivity index (χ0) is 14.7. The average molecular weight is 308 g/mol. The Morgan fingerprint density at radius 3 is 2.95 bits per heavy atom. The standard InChI is InChI=1S/C14H18ClN5O/c1-21-14-5-3-2-4-12(14)17-13-8-10(6-7-11(13)15)20-9-16-18-19-20/h6-9,12,14,17H,2-5H2,1H3. The molecule has 1 N–H and O–H groups in total. The highest BCUT2D eigenvalue weighted by Gasteiger charge is 2.25. The molecule has 21 heavy (non-hydrogen) atoms. The van der Waals surface area contributed by atoms with Gasteiger partial charge in [-0.25, -0.2) is 4.68 Å². The minimum absolute atomic E-state index is 0.228. The second-order valence-electron chi connectivity index (χ2n) is 5.23. The third-order valence-electron chi connectivity index (χ3n) is 3.91. The summed E-state index contributed by atoms with van der Waals surface area (Å²) in [4.78, 5) is 0. The number of ether oxygens (including phenoxy) is 1. The van der Waals surface area contributed by atoms with Crippen LogP contribution in [-0.4, -0.2) is 39.5 Å². The van der Waals surface area contributed by atoms with E-state index in [1.54, 1.807) is 18.1 Å². The van der Waals surface area contributed by atoms with Crippen molar-refractivity contribution in [1.29, 1.82) is 0 Å². The summed E-state index contributed by atoms with van der Waals surface area (Å²) in [6.45, 7) is 0. The van der Waals surface area contributed by atoms with Crippen LogP contribution in [0.3, 0.4) is 0 Å². The molecular weight excluding hydrogens is 290 g/mol. The van der Waals surface area contributed by atoms with E-state index in [-0.39, 0.29) is 12.1 Å². The first kappa shape index (κ1) is 14.3. The molecule has 1 saturated carbocycles. The van der Waals surface area contributed by atoms with Gasteiger partial charge in [-0.2, -0.15) is 0 Å². The van der Waals surface area contributed by atoms with Crippen molar-refractivity contribution in [1.82, 2.24) is 20.2 Å². The van der Waals surface area contributed by atoms with Crippen molar-refractivity contribution in [2.24, 2.45) is 0 Å². The van der Waals surface area contributed by atoms with Crippen molar-refractivity contribution < 1.29 is 4.74 Å². The predicted octanol–water partition coefficient (Wildman–Crippen LogP) is 2.69. The van der Waals surface area contributed by atoms with Crippen molar-refractivity contribution in [2.75, 3.05) is 12.4 Å². The van der Waals surface area contributed by atoms with Crippen LogP contribution >= 0.6 is 11.6 Å². The van der Waals surface area contributed by atoms with Gasteiger partial charge in [0.1, 0.15) is 6.33 Å². The van der Waals surface area contributed by atoms with Gasteiger partial charge in [-0.05, 0) is 41.5 Å². The molecule has 1 aromatic carbocycles. The molecule has 0 bridgehead atoms. The highest BCUT2D eigenvalue weighted by Crippen LogP contribution is 2.29. The predicted molar refractivity (Wildman–Crippen MR) is 80.8 cm³/mol. The van der Waals surface area contributed by atoms with Crippen molar-refractivity contribution in [3.63, 3.8) is 0 Å². The lowest BCUT2D eigenvalue weighted by molar-refractivity contribution is 0.0606. The molecule has 1 aliphatic carbocycles. The van der Waals surface area contributed by atoms with Crippen molar-refractivity contribution in [3.05, 3.63) is 29.5 Å². The van der Waals surface area contributed by atoms with Gasteiger partial charge in [0.15, 0.2) is 0 Å². The van der Waals surface area contributed by atoms with E-state index in [9.17, 15) is 0 Å². The van der Waals surface area contributed by atoms with Gasteiger partial charge in [-0.3, -0.25) is 0 Å². The number of tetrazole rings is 1. The summed E-state index contributed by atoms with van der Waals surface area (Å²) >= 11 is 6.30. The number of nitrogens with zero attached hydrogens (tertiary/aromatic N) is 4. The van der Waals surface area contributed by atoms with Gasteiger partial charge in [0.25, 0.3) is 0 Å². The van der Waals surface area contributed by atoms with Crippen molar-refractivity contribution in [2.45, 2.75) is 37.8 Å². The van der Waals surface area contributed by atoms with Crippen LogP contribution in [0.15, 0.2) is 24.5 Å². The molecule has 1 aliphatic rings. The number of nitrogens with one attached hydrogen (secondary N) is 1. The summed E-state index contributed by atoms with van der Waals surface area (Å²) in [6, 6.07) is 5.98. The molecule has 2 aromatic rings. The maximum Gasteiger partial charge on any atom is 0.143 e. The van der Waals surface area contributed by atoms with Crippen LogP contribution in [0.5, 0.6) is 0 Å². The fourth-order valence-corrected chi connectivity index (χ4v) is 2.96. The maximum atomic E-state index is 6.30. The Bertz CT molecular complexity index is 589. The van der Waals surface area contributed by atoms with E-state index < -0.39 is 0 Å². The van der Waals surface area contributed by atoms with Crippen molar-refractivity contribution in [3.8, 4) is 5.69 Å². The number of aromatic nitrogens is 4. The Balaban J connectivity index is 1.82. The maximum absolute atomic E-state index is 6.30. The second kappa shape index (κ2) is 6.41. The third-order valence-corrected chi connectivity index (χ3v) is 4.24. The normalized spacial score (nSPS) is 22.2. The van der Waals surface area contributed by atoms with E-state index in [1.165, 1.54) is 12.8 Å². The smallest absolute Gasteiger partial charge is 0.143 e. The van der Waals surface area contributed by atoms with Crippen LogP contribution in [0.25, 0.3) is 5.69 Å². The first-order valence-electron chi connectivity index (χ1n) is 7.10. The average Bonchev–Trinajstić information content (AvgIpc) is 3.04. The lowest BCUT2D eigenvalue weighted by Gasteiger charge is -2.32. The summed E-state index contributed by atoms with van der Waals surface area (Å²) in [5.74, 6) is 0. The fourth-order valence-electron chi connectivity index (χ4n) is 2.79. The summed E-state index contributed by atoms with van der Waals surface area (Å²) < 4.78 is 7.18. The molecule has 0 radical (unpaired) electrons. The van der Waals surface area contributed by atoms with E-state index in [4.69, 9.17) is 16.3 Å². The van der Waals surface area contributed by atoms with Gasteiger partial charge in [0, 0.05) is 7.11 Å². The number of methoxy groups -OCH3 is 1. The Morgan fingerprint density at radius 1 is 1.33 bits per heavy atom. The molecule has 2 unspecified atom stereocenters. The molecule has 0 aliphatic heterocycles. The molecule has 112 valence electrons. The van der Waals surface area contributed by atoms with Crippen LogP contribution in [0, 0.1) is 0 Å². The van der Waals surface area contributed by atoms with E-state index >= 15 is 0 Å². The van der Waals surface area contributed by atoms with E-state index in [0.717, 1.165) is 24.2 Å². The highest BCUT2D eigenvalue weighted by molar-refractivity contribution is 6.33. The van der Waals surface area contributed by atoms with E-state index in [2.05, 4.69) is 20.8 Å². The Labute approximate surface area is 128 Å². The van der Waals surface area contributed by atoms with Crippen LogP contribution in [-0.2, 0) is 4.74 Å². The quantitative estimate of drug-likeness (QED) is 0.941. The third kappa shape index (κ3) is 3.16. The van der Waals surface area contributed by atoms with Gasteiger partial charge in [0.05, 0.1) is 28.5 Å². The molecule has 6 nitrogen and oxygen atoms in total. The summed E-state index contributed by atoms with van der Waals surface area (Å²) in [7, 11) is 1.77. The summed E-state index contributed by atoms with van der Waals surface area (Å²) in [5, 5.41) is 15.4. The van der Waals surface area contributed by atoms with Crippen LogP contribution in [0.1, 0.15) is 25.7 Å². The topological polar surface area (TPSA) is 64.9 Å². The van der Waals surface area contributed by atoms with E-state index in [0.29, 0.717) is 5.02 Å². The van der Waals surface area contributed by atoms with Crippen LogP contribution in [0.2, 0.25) is 5.02 Å². The second-order valence-corrected chi connectivity index (χ2v) is 5.64. The molecule has 1 aromatic heterocycles. The molecule has 0 amide bonds. The summed E-state index contributed by atoms with van der Waals surface area (Å²) in [6.07, 6.45) is 6.39. The minimum Gasteiger partial charge on any atom is -0.379 e. The van der Waals surface area contributed by atoms with Gasteiger partial charge >= 0.3 is 0 Å². The monoisotopic (exact) mass is 307 g/mol. The Hall–Kier alpha value is -1.66. The molecule has 1 heterocycles. The highest BCUT2D eigenvalue weighted by atomic mass is 35.5. The number of halogens is 1. The fraction of sp³-hybridized carbons (Fsp3) is 0.500. The lowest BCUT2D eigenvalue weighted by atomic mass is 9.92. The zero-order valence-electron chi connectivity index (χ0n) is 11.9. The van der Waals surface area contributed by atoms with Gasteiger partial charge in [0.2, 0.25) is 0 Å². The van der Waals surface area contributed by atoms with Gasteiger partial charge in [-0.1, -0.05) is 24.4 Å². The Kier molecular flexibility index (Phi) is 4.36. The van der Waals surface area contributed by atoms with E-state index in [1.807, 2.05) is 18.2 Å². The number of rotatable bonds is 4. The molecule has 7 heteroatoms. The number of benzene rings is 1. The van der Waals surface area contributed by atoms with Crippen LogP contribution < -0.4 is 5.32 Å². The number of hydrogen-bond donors (Lipinski definition) is 1. The first-order chi connectivity index (χ1) is 10.3. The molecule has 0 saturated heterocycles. The number of anilines is 1. The lowest BCUT2D eigenvalue weighted by Crippen LogP contribution is -2.37. The SMILES string of the molecule is COC1CCCCC1Nc1cc(-n2cnnn2)ccc1Cl. The summed E-state index contributed by atoms with van der Waals surface area (Å²) in [5.41, 5.74) is 1.76. The largest absolute Gasteiger partial charge is 0.379 e. The minimum atomic E-state index is 0.228. The van der Waals surface area contributed by atoms with Crippen LogP contribution in [0.4, 0.5) is 5.69 Å².